The number of ether oxygens (including phenoxy) is 1. The molecular formula is C19H23IN4O2. The van der Waals surface area contributed by atoms with E-state index in [1.54, 1.807) is 0 Å². The fourth-order valence-electron chi connectivity index (χ4n) is 2.68. The van der Waals surface area contributed by atoms with Crippen LogP contribution in [0.25, 0.3) is 0 Å². The number of benzene rings is 2. The lowest BCUT2D eigenvalue weighted by molar-refractivity contribution is -0.123. The number of anilines is 1. The van der Waals surface area contributed by atoms with E-state index < -0.39 is 0 Å². The lowest BCUT2D eigenvalue weighted by Crippen LogP contribution is -2.41. The van der Waals surface area contributed by atoms with Gasteiger partial charge in [0.25, 0.3) is 0 Å². The Bertz CT molecular complexity index is 752. The van der Waals surface area contributed by atoms with Gasteiger partial charge in [-0.05, 0) is 37.1 Å². The number of aliphatic imine (C=N–C) groups is 1. The Morgan fingerprint density at radius 2 is 1.96 bits per heavy atom. The number of piperidine rings is 1. The SMILES string of the molecule is I.NC(=NCC1CCCC(=O)N1)Nc1cccc(Oc2ccccc2)c1. The van der Waals surface area contributed by atoms with E-state index >= 15 is 0 Å². The van der Waals surface area contributed by atoms with E-state index in [4.69, 9.17) is 10.5 Å². The van der Waals surface area contributed by atoms with Crippen LogP contribution < -0.4 is 21.1 Å². The maximum absolute atomic E-state index is 11.4. The van der Waals surface area contributed by atoms with Gasteiger partial charge in [-0.25, -0.2) is 0 Å². The van der Waals surface area contributed by atoms with E-state index in [0.717, 1.165) is 24.3 Å². The topological polar surface area (TPSA) is 88.7 Å². The highest BCUT2D eigenvalue weighted by Gasteiger charge is 2.17. The molecule has 0 aromatic heterocycles. The van der Waals surface area contributed by atoms with Gasteiger partial charge in [0.15, 0.2) is 5.96 Å². The number of rotatable bonds is 5. The van der Waals surface area contributed by atoms with Gasteiger partial charge in [-0.1, -0.05) is 24.3 Å². The molecule has 0 saturated carbocycles. The molecule has 1 fully saturated rings. The summed E-state index contributed by atoms with van der Waals surface area (Å²) < 4.78 is 5.80. The van der Waals surface area contributed by atoms with Crippen LogP contribution in [0.3, 0.4) is 0 Å². The second kappa shape index (κ2) is 10.0. The number of carbonyl (C=O) groups excluding carboxylic acids is 1. The van der Waals surface area contributed by atoms with Gasteiger partial charge >= 0.3 is 0 Å². The molecule has 138 valence electrons. The highest BCUT2D eigenvalue weighted by atomic mass is 127. The Hall–Kier alpha value is -2.29. The molecule has 1 unspecified atom stereocenters. The lowest BCUT2D eigenvalue weighted by atomic mass is 10.0. The largest absolute Gasteiger partial charge is 0.457 e. The van der Waals surface area contributed by atoms with Crippen LogP contribution in [0.2, 0.25) is 0 Å². The van der Waals surface area contributed by atoms with E-state index in [2.05, 4.69) is 15.6 Å². The van der Waals surface area contributed by atoms with E-state index in [1.165, 1.54) is 0 Å². The minimum Gasteiger partial charge on any atom is -0.457 e. The quantitative estimate of drug-likeness (QED) is 0.358. The number of para-hydroxylation sites is 1. The van der Waals surface area contributed by atoms with E-state index in [9.17, 15) is 4.79 Å². The number of halogens is 1. The first kappa shape index (κ1) is 20.0. The Kier molecular flexibility index (Phi) is 7.71. The smallest absolute Gasteiger partial charge is 0.220 e. The van der Waals surface area contributed by atoms with Gasteiger partial charge in [-0.15, -0.1) is 24.0 Å². The third-order valence-electron chi connectivity index (χ3n) is 3.89. The normalized spacial score (nSPS) is 17.0. The van der Waals surface area contributed by atoms with Crippen molar-refractivity contribution in [3.05, 3.63) is 54.6 Å². The zero-order valence-electron chi connectivity index (χ0n) is 14.4. The Labute approximate surface area is 170 Å². The van der Waals surface area contributed by atoms with Gasteiger partial charge in [0.05, 0.1) is 6.54 Å². The van der Waals surface area contributed by atoms with Crippen LogP contribution >= 0.6 is 24.0 Å². The zero-order valence-corrected chi connectivity index (χ0v) is 16.7. The molecule has 1 amide bonds. The summed E-state index contributed by atoms with van der Waals surface area (Å²) >= 11 is 0. The molecule has 0 aliphatic carbocycles. The number of hydrogen-bond donors (Lipinski definition) is 3. The number of nitrogens with two attached hydrogens (primary N) is 1. The van der Waals surface area contributed by atoms with E-state index in [-0.39, 0.29) is 35.9 Å². The maximum atomic E-state index is 11.4. The van der Waals surface area contributed by atoms with Crippen molar-refractivity contribution in [3.8, 4) is 11.5 Å². The molecule has 0 spiro atoms. The first-order valence-corrected chi connectivity index (χ1v) is 8.38. The summed E-state index contributed by atoms with van der Waals surface area (Å²) in [7, 11) is 0. The van der Waals surface area contributed by atoms with Crippen LogP contribution in [0.1, 0.15) is 19.3 Å². The summed E-state index contributed by atoms with van der Waals surface area (Å²) in [5.41, 5.74) is 6.74. The van der Waals surface area contributed by atoms with Gasteiger partial charge in [0.2, 0.25) is 5.91 Å². The fraction of sp³-hybridized carbons (Fsp3) is 0.263. The standard InChI is InChI=1S/C19H22N4O2.HI/c20-19(21-13-15-7-5-11-18(24)22-15)23-14-6-4-10-17(12-14)25-16-8-2-1-3-9-16;/h1-4,6,8-10,12,15H,5,7,11,13H2,(H,22,24)(H3,20,21,23);1H. The van der Waals surface area contributed by atoms with Crippen LogP contribution in [0.4, 0.5) is 5.69 Å². The summed E-state index contributed by atoms with van der Waals surface area (Å²) in [6.45, 7) is 0.477. The molecule has 4 N–H and O–H groups in total. The summed E-state index contributed by atoms with van der Waals surface area (Å²) in [6.07, 6.45) is 2.43. The van der Waals surface area contributed by atoms with Crippen LogP contribution in [-0.2, 0) is 4.79 Å². The van der Waals surface area contributed by atoms with Crippen molar-refractivity contribution in [2.75, 3.05) is 11.9 Å². The van der Waals surface area contributed by atoms with Crippen LogP contribution in [0.15, 0.2) is 59.6 Å². The molecule has 1 atom stereocenters. The molecule has 1 heterocycles. The van der Waals surface area contributed by atoms with Crippen molar-refractivity contribution < 1.29 is 9.53 Å². The molecule has 2 aromatic rings. The predicted molar refractivity (Wildman–Crippen MR) is 114 cm³/mol. The molecule has 26 heavy (non-hydrogen) atoms. The van der Waals surface area contributed by atoms with Crippen molar-refractivity contribution in [2.45, 2.75) is 25.3 Å². The minimum atomic E-state index is 0. The maximum Gasteiger partial charge on any atom is 0.220 e. The van der Waals surface area contributed by atoms with Gasteiger partial charge < -0.3 is 21.1 Å². The van der Waals surface area contributed by atoms with Crippen molar-refractivity contribution in [3.63, 3.8) is 0 Å². The number of carbonyl (C=O) groups is 1. The van der Waals surface area contributed by atoms with Crippen molar-refractivity contribution >= 4 is 41.5 Å². The molecular weight excluding hydrogens is 443 g/mol. The number of guanidine groups is 1. The predicted octanol–water partition coefficient (Wildman–Crippen LogP) is 3.49. The van der Waals surface area contributed by atoms with Crippen LogP contribution in [-0.4, -0.2) is 24.5 Å². The molecule has 7 heteroatoms. The number of nitrogens with one attached hydrogen (secondary N) is 2. The molecule has 0 radical (unpaired) electrons. The Morgan fingerprint density at radius 1 is 1.19 bits per heavy atom. The van der Waals surface area contributed by atoms with Crippen molar-refractivity contribution in [1.29, 1.82) is 0 Å². The Balaban J connectivity index is 0.00000243. The van der Waals surface area contributed by atoms with Gasteiger partial charge in [-0.3, -0.25) is 9.79 Å². The highest BCUT2D eigenvalue weighted by molar-refractivity contribution is 14.0. The van der Waals surface area contributed by atoms with E-state index in [1.807, 2.05) is 54.6 Å². The fourth-order valence-corrected chi connectivity index (χ4v) is 2.68. The molecule has 1 aliphatic rings. The third-order valence-corrected chi connectivity index (χ3v) is 3.89. The molecule has 6 nitrogen and oxygen atoms in total. The average molecular weight is 466 g/mol. The van der Waals surface area contributed by atoms with Gasteiger partial charge in [0.1, 0.15) is 11.5 Å². The molecule has 1 aliphatic heterocycles. The van der Waals surface area contributed by atoms with Crippen molar-refractivity contribution in [2.24, 2.45) is 10.7 Å². The number of amides is 1. The second-order valence-electron chi connectivity index (χ2n) is 5.95. The number of hydrogen-bond acceptors (Lipinski definition) is 3. The summed E-state index contributed by atoms with van der Waals surface area (Å²) in [5, 5.41) is 5.98. The van der Waals surface area contributed by atoms with Gasteiger partial charge in [-0.2, -0.15) is 0 Å². The zero-order chi connectivity index (χ0) is 17.5. The van der Waals surface area contributed by atoms with Crippen molar-refractivity contribution in [1.82, 2.24) is 5.32 Å². The first-order chi connectivity index (χ1) is 12.2. The summed E-state index contributed by atoms with van der Waals surface area (Å²) in [4.78, 5) is 15.7. The minimum absolute atomic E-state index is 0. The van der Waals surface area contributed by atoms with Crippen LogP contribution in [0, 0.1) is 0 Å². The first-order valence-electron chi connectivity index (χ1n) is 8.38. The third kappa shape index (κ3) is 6.21. The van der Waals surface area contributed by atoms with Crippen LogP contribution in [0.5, 0.6) is 11.5 Å². The lowest BCUT2D eigenvalue weighted by Gasteiger charge is -2.21. The molecule has 0 bridgehead atoms. The van der Waals surface area contributed by atoms with E-state index in [0.29, 0.717) is 24.7 Å². The molecule has 3 rings (SSSR count). The second-order valence-corrected chi connectivity index (χ2v) is 5.95. The summed E-state index contributed by atoms with van der Waals surface area (Å²) in [5.74, 6) is 1.89. The monoisotopic (exact) mass is 466 g/mol. The number of nitrogens with zero attached hydrogens (tertiary/aromatic N) is 1. The summed E-state index contributed by atoms with van der Waals surface area (Å²) in [6, 6.07) is 17.2. The average Bonchev–Trinajstić information content (AvgIpc) is 2.61. The highest BCUT2D eigenvalue weighted by Crippen LogP contribution is 2.23. The Morgan fingerprint density at radius 3 is 2.73 bits per heavy atom. The molecule has 1 saturated heterocycles. The van der Waals surface area contributed by atoms with Gasteiger partial charge in [0, 0.05) is 24.2 Å². The molecule has 2 aromatic carbocycles.